The Kier molecular flexibility index (Phi) is 10.3. The Labute approximate surface area is 301 Å². The summed E-state index contributed by atoms with van der Waals surface area (Å²) in [5.41, 5.74) is -0.500. The van der Waals surface area contributed by atoms with Crippen LogP contribution < -0.4 is 10.4 Å². The molecule has 7 heteroatoms. The van der Waals surface area contributed by atoms with Crippen molar-refractivity contribution in [3.05, 3.63) is 60.7 Å². The molecule has 0 amide bonds. The lowest BCUT2D eigenvalue weighted by atomic mass is 9.43. The Morgan fingerprint density at radius 3 is 2.10 bits per heavy atom. The summed E-state index contributed by atoms with van der Waals surface area (Å²) in [7, 11) is -1.30. The highest BCUT2D eigenvalue weighted by Crippen LogP contribution is 2.68. The minimum atomic E-state index is -2.74. The van der Waals surface area contributed by atoms with Gasteiger partial charge in [-0.3, -0.25) is 14.4 Å². The summed E-state index contributed by atoms with van der Waals surface area (Å²) in [5, 5.41) is 2.48. The van der Waals surface area contributed by atoms with Crippen LogP contribution >= 0.6 is 0 Å². The first-order valence-corrected chi connectivity index (χ1v) is 21.1. The summed E-state index contributed by atoms with van der Waals surface area (Å²) in [5.74, 6) is 1.21. The average molecular weight is 701 g/mol. The van der Waals surface area contributed by atoms with Crippen molar-refractivity contribution in [3.63, 3.8) is 0 Å². The normalized spacial score (nSPS) is 34.6. The van der Waals surface area contributed by atoms with E-state index < -0.39 is 13.7 Å². The van der Waals surface area contributed by atoms with Crippen molar-refractivity contribution in [1.82, 2.24) is 0 Å². The van der Waals surface area contributed by atoms with Gasteiger partial charge in [0.05, 0.1) is 7.11 Å². The molecule has 50 heavy (non-hydrogen) atoms. The van der Waals surface area contributed by atoms with Gasteiger partial charge in [-0.25, -0.2) is 0 Å². The van der Waals surface area contributed by atoms with Crippen molar-refractivity contribution in [2.24, 2.45) is 46.3 Å². The van der Waals surface area contributed by atoms with Crippen LogP contribution in [0.1, 0.15) is 106 Å². The number of hydrogen-bond acceptors (Lipinski definition) is 6. The molecule has 0 spiro atoms. The molecule has 6 rings (SSSR count). The molecule has 272 valence electrons. The predicted octanol–water partition coefficient (Wildman–Crippen LogP) is 7.90. The number of fused-ring (bicyclic) bond motifs is 5. The van der Waals surface area contributed by atoms with Crippen LogP contribution in [0.25, 0.3) is 0 Å². The summed E-state index contributed by atoms with van der Waals surface area (Å²) >= 11 is 0. The molecular formula is C43H60O6Si. The van der Waals surface area contributed by atoms with Crippen LogP contribution in [0.15, 0.2) is 60.7 Å². The highest BCUT2D eigenvalue weighted by Gasteiger charge is 2.67. The van der Waals surface area contributed by atoms with E-state index in [9.17, 15) is 14.4 Å². The third-order valence-corrected chi connectivity index (χ3v) is 19.4. The lowest BCUT2D eigenvalue weighted by Gasteiger charge is -2.62. The lowest BCUT2D eigenvalue weighted by Crippen LogP contribution is -2.68. The zero-order valence-electron chi connectivity index (χ0n) is 31.7. The predicted molar refractivity (Wildman–Crippen MR) is 199 cm³/mol. The Bertz CT molecular complexity index is 1500. The molecule has 0 N–H and O–H groups in total. The molecule has 4 aliphatic rings. The maximum Gasteiger partial charge on any atom is 0.305 e. The van der Waals surface area contributed by atoms with Crippen LogP contribution in [0.4, 0.5) is 0 Å². The number of rotatable bonds is 9. The van der Waals surface area contributed by atoms with Gasteiger partial charge >= 0.3 is 11.9 Å². The molecule has 0 saturated heterocycles. The highest BCUT2D eigenvalue weighted by molar-refractivity contribution is 6.99. The van der Waals surface area contributed by atoms with Gasteiger partial charge in [-0.1, -0.05) is 102 Å². The van der Waals surface area contributed by atoms with E-state index >= 15 is 0 Å². The number of carbonyl (C=O) groups is 3. The van der Waals surface area contributed by atoms with Gasteiger partial charge < -0.3 is 13.9 Å². The summed E-state index contributed by atoms with van der Waals surface area (Å²) < 4.78 is 18.9. The fourth-order valence-corrected chi connectivity index (χ4v) is 16.6. The zero-order valence-corrected chi connectivity index (χ0v) is 32.7. The molecule has 0 unspecified atom stereocenters. The molecule has 4 fully saturated rings. The molecule has 0 radical (unpaired) electrons. The van der Waals surface area contributed by atoms with Gasteiger partial charge in [-0.15, -0.1) is 0 Å². The van der Waals surface area contributed by atoms with Crippen molar-refractivity contribution in [3.8, 4) is 0 Å². The van der Waals surface area contributed by atoms with Crippen LogP contribution in [0.5, 0.6) is 0 Å². The standard InChI is InChI=1S/C43H60O6Si/c1-28(19-22-39(46)47-8)34-20-21-35-40-36(27-38(45)43(34,35)7)42(6)24-23-31(25-30(42)26-37(40)48-29(2)44)49-50(41(3,4)5,32-15-11-9-12-16-32)33-17-13-10-14-18-33/h9-18,28,30-31,34-37,40H,19-27H2,1-8H3/t28-,30+,31-,34-,35+,36+,37-,40+,42+,43-/m1/s1. The molecule has 2 aromatic carbocycles. The van der Waals surface area contributed by atoms with Crippen molar-refractivity contribution in [1.29, 1.82) is 0 Å². The monoisotopic (exact) mass is 700 g/mol. The number of methoxy groups -OCH3 is 1. The Balaban J connectivity index is 1.31. The number of Topliss-reactive ketones (excluding diaryl/α,β-unsaturated/α-hetero) is 1. The molecule has 6 nitrogen and oxygen atoms in total. The SMILES string of the molecule is COC(=O)CC[C@@H](C)[C@H]1CC[C@H]2[C@@H]3[C@H](OC(C)=O)C[C@@H]4C[C@H](O[Si](c5ccccc5)(c5ccccc5)C(C)(C)C)CC[C@]4(C)[C@H]3CC(=O)[C@]12C. The first-order valence-electron chi connectivity index (χ1n) is 19.2. The Morgan fingerprint density at radius 2 is 1.54 bits per heavy atom. The van der Waals surface area contributed by atoms with Crippen LogP contribution in [0.3, 0.4) is 0 Å². The van der Waals surface area contributed by atoms with Gasteiger partial charge in [0, 0.05) is 37.2 Å². The minimum Gasteiger partial charge on any atom is -0.469 e. The van der Waals surface area contributed by atoms with E-state index in [1.165, 1.54) is 24.4 Å². The molecule has 4 aliphatic carbocycles. The summed E-state index contributed by atoms with van der Waals surface area (Å²) in [6.45, 7) is 15.4. The first kappa shape index (κ1) is 37.0. The van der Waals surface area contributed by atoms with Crippen molar-refractivity contribution < 1.29 is 28.3 Å². The van der Waals surface area contributed by atoms with Gasteiger partial charge in [0.25, 0.3) is 8.32 Å². The van der Waals surface area contributed by atoms with Crippen LogP contribution in [-0.4, -0.2) is 45.4 Å². The fourth-order valence-electron chi connectivity index (χ4n) is 11.9. The third kappa shape index (κ3) is 6.22. The molecule has 4 saturated carbocycles. The van der Waals surface area contributed by atoms with Crippen molar-refractivity contribution in [2.45, 2.75) is 123 Å². The van der Waals surface area contributed by atoms with E-state index in [1.807, 2.05) is 0 Å². The van der Waals surface area contributed by atoms with E-state index in [2.05, 4.69) is 102 Å². The molecular weight excluding hydrogens is 641 g/mol. The number of carbonyl (C=O) groups excluding carboxylic acids is 3. The first-order chi connectivity index (χ1) is 23.7. The summed E-state index contributed by atoms with van der Waals surface area (Å²) in [4.78, 5) is 39.3. The van der Waals surface area contributed by atoms with Gasteiger partial charge in [-0.2, -0.15) is 0 Å². The number of ether oxygens (including phenoxy) is 2. The summed E-state index contributed by atoms with van der Waals surface area (Å²) in [6.07, 6.45) is 7.15. The second-order valence-electron chi connectivity index (χ2n) is 17.7. The van der Waals surface area contributed by atoms with E-state index in [0.717, 1.165) is 44.9 Å². The highest BCUT2D eigenvalue weighted by atomic mass is 28.4. The maximum absolute atomic E-state index is 14.6. The van der Waals surface area contributed by atoms with Crippen molar-refractivity contribution >= 4 is 36.4 Å². The second kappa shape index (κ2) is 14.0. The van der Waals surface area contributed by atoms with E-state index in [1.54, 1.807) is 0 Å². The van der Waals surface area contributed by atoms with E-state index in [-0.39, 0.29) is 64.2 Å². The van der Waals surface area contributed by atoms with Crippen LogP contribution in [0, 0.1) is 46.3 Å². The number of hydrogen-bond donors (Lipinski definition) is 0. The second-order valence-corrected chi connectivity index (χ2v) is 22.0. The third-order valence-electron chi connectivity index (χ3n) is 14.3. The van der Waals surface area contributed by atoms with Crippen LogP contribution in [0.2, 0.25) is 5.04 Å². The molecule has 0 aliphatic heterocycles. The zero-order chi connectivity index (χ0) is 36.1. The molecule has 0 heterocycles. The average Bonchev–Trinajstić information content (AvgIpc) is 3.45. The largest absolute Gasteiger partial charge is 0.469 e. The number of esters is 2. The number of benzene rings is 2. The molecule has 0 aromatic heterocycles. The molecule has 10 atom stereocenters. The minimum absolute atomic E-state index is 0.0296. The molecule has 2 aromatic rings. The quantitative estimate of drug-likeness (QED) is 0.196. The van der Waals surface area contributed by atoms with Gasteiger partial charge in [0.2, 0.25) is 0 Å². The fraction of sp³-hybridized carbons (Fsp3) is 0.651. The number of ketones is 1. The maximum atomic E-state index is 14.6. The van der Waals surface area contributed by atoms with Gasteiger partial charge in [0.1, 0.15) is 11.9 Å². The lowest BCUT2D eigenvalue weighted by molar-refractivity contribution is -0.194. The van der Waals surface area contributed by atoms with Gasteiger partial charge in [0.15, 0.2) is 0 Å². The van der Waals surface area contributed by atoms with Gasteiger partial charge in [-0.05, 0) is 95.4 Å². The Hall–Kier alpha value is -2.77. The topological polar surface area (TPSA) is 78.9 Å². The Morgan fingerprint density at radius 1 is 0.920 bits per heavy atom. The molecule has 0 bridgehead atoms. The van der Waals surface area contributed by atoms with E-state index in [4.69, 9.17) is 13.9 Å². The van der Waals surface area contributed by atoms with Crippen molar-refractivity contribution in [2.75, 3.05) is 7.11 Å². The smallest absolute Gasteiger partial charge is 0.305 e. The van der Waals surface area contributed by atoms with Crippen LogP contribution in [-0.2, 0) is 28.3 Å². The van der Waals surface area contributed by atoms with E-state index in [0.29, 0.717) is 24.5 Å². The summed E-state index contributed by atoms with van der Waals surface area (Å²) in [6, 6.07) is 21.8.